The second kappa shape index (κ2) is 6.78. The summed E-state index contributed by atoms with van der Waals surface area (Å²) in [7, 11) is 0. The molecule has 0 amide bonds. The first-order valence-electron chi connectivity index (χ1n) is 7.00. The Balaban J connectivity index is 1.55. The van der Waals surface area contributed by atoms with Crippen LogP contribution in [0.15, 0.2) is 48.5 Å². The first-order chi connectivity index (χ1) is 10.7. The van der Waals surface area contributed by atoms with Crippen molar-refractivity contribution < 1.29 is 14.2 Å². The first kappa shape index (κ1) is 15.5. The number of benzene rings is 2. The van der Waals surface area contributed by atoms with Crippen molar-refractivity contribution in [2.45, 2.75) is 0 Å². The van der Waals surface area contributed by atoms with Crippen molar-refractivity contribution in [2.75, 3.05) is 26.4 Å². The summed E-state index contributed by atoms with van der Waals surface area (Å²) < 4.78 is 17.0. The molecule has 1 saturated heterocycles. The largest absolute Gasteiger partial charge is 0.493 e. The van der Waals surface area contributed by atoms with Gasteiger partial charge in [-0.05, 0) is 48.5 Å². The minimum Gasteiger partial charge on any atom is -0.493 e. The number of ether oxygens (including phenoxy) is 3. The normalized spacial score (nSPS) is 15.9. The number of rotatable bonds is 6. The van der Waals surface area contributed by atoms with E-state index in [0.717, 1.165) is 11.5 Å². The van der Waals surface area contributed by atoms with Gasteiger partial charge in [0.25, 0.3) is 0 Å². The van der Waals surface area contributed by atoms with Crippen LogP contribution in [0.2, 0.25) is 10.0 Å². The highest BCUT2D eigenvalue weighted by Crippen LogP contribution is 2.30. The fourth-order valence-electron chi connectivity index (χ4n) is 2.13. The van der Waals surface area contributed by atoms with Crippen LogP contribution < -0.4 is 9.47 Å². The van der Waals surface area contributed by atoms with Gasteiger partial charge >= 0.3 is 0 Å². The standard InChI is InChI=1S/C17H16Cl2O3/c18-13-1-5-15(6-2-13)21-11-17(9-20-10-17)12-22-16-7-3-14(19)4-8-16/h1-8H,9-12H2. The van der Waals surface area contributed by atoms with Crippen LogP contribution in [0, 0.1) is 5.41 Å². The van der Waals surface area contributed by atoms with Crippen LogP contribution in [0.4, 0.5) is 0 Å². The van der Waals surface area contributed by atoms with E-state index in [9.17, 15) is 0 Å². The van der Waals surface area contributed by atoms with Gasteiger partial charge in [0.1, 0.15) is 24.7 Å². The summed E-state index contributed by atoms with van der Waals surface area (Å²) in [6.45, 7) is 2.35. The highest BCUT2D eigenvalue weighted by Gasteiger charge is 2.40. The Labute approximate surface area is 139 Å². The zero-order valence-corrected chi connectivity index (χ0v) is 13.4. The third kappa shape index (κ3) is 3.86. The van der Waals surface area contributed by atoms with Crippen LogP contribution in [-0.4, -0.2) is 26.4 Å². The monoisotopic (exact) mass is 338 g/mol. The fraction of sp³-hybridized carbons (Fsp3) is 0.294. The number of halogens is 2. The summed E-state index contributed by atoms with van der Waals surface area (Å²) in [5.41, 5.74) is -0.112. The van der Waals surface area contributed by atoms with Crippen LogP contribution >= 0.6 is 23.2 Å². The van der Waals surface area contributed by atoms with E-state index in [0.29, 0.717) is 36.5 Å². The second-order valence-corrected chi connectivity index (χ2v) is 6.35. The summed E-state index contributed by atoms with van der Waals surface area (Å²) in [5.74, 6) is 1.59. The number of hydrogen-bond acceptors (Lipinski definition) is 3. The summed E-state index contributed by atoms with van der Waals surface area (Å²) in [6, 6.07) is 14.7. The molecule has 0 aromatic heterocycles. The summed E-state index contributed by atoms with van der Waals surface area (Å²) in [6.07, 6.45) is 0. The Morgan fingerprint density at radius 2 is 1.18 bits per heavy atom. The molecule has 0 unspecified atom stereocenters. The molecule has 2 aromatic rings. The van der Waals surface area contributed by atoms with E-state index in [4.69, 9.17) is 37.4 Å². The molecule has 5 heteroatoms. The lowest BCUT2D eigenvalue weighted by atomic mass is 9.88. The van der Waals surface area contributed by atoms with Crippen molar-refractivity contribution in [2.24, 2.45) is 5.41 Å². The van der Waals surface area contributed by atoms with Crippen molar-refractivity contribution in [1.29, 1.82) is 0 Å². The van der Waals surface area contributed by atoms with E-state index in [1.807, 2.05) is 48.5 Å². The molecule has 1 aliphatic rings. The van der Waals surface area contributed by atoms with Crippen molar-refractivity contribution in [1.82, 2.24) is 0 Å². The lowest BCUT2D eigenvalue weighted by Gasteiger charge is -2.40. The van der Waals surface area contributed by atoms with E-state index in [2.05, 4.69) is 0 Å². The van der Waals surface area contributed by atoms with Gasteiger partial charge in [-0.25, -0.2) is 0 Å². The molecular weight excluding hydrogens is 323 g/mol. The van der Waals surface area contributed by atoms with E-state index in [1.54, 1.807) is 0 Å². The van der Waals surface area contributed by atoms with Crippen molar-refractivity contribution >= 4 is 23.2 Å². The Morgan fingerprint density at radius 3 is 1.50 bits per heavy atom. The molecule has 116 valence electrons. The molecule has 0 N–H and O–H groups in total. The SMILES string of the molecule is Clc1ccc(OCC2(COc3ccc(Cl)cc3)COC2)cc1. The Kier molecular flexibility index (Phi) is 4.77. The summed E-state index contributed by atoms with van der Waals surface area (Å²) in [4.78, 5) is 0. The molecule has 2 aromatic carbocycles. The van der Waals surface area contributed by atoms with Gasteiger partial charge in [-0.2, -0.15) is 0 Å². The Morgan fingerprint density at radius 1 is 0.773 bits per heavy atom. The van der Waals surface area contributed by atoms with E-state index >= 15 is 0 Å². The van der Waals surface area contributed by atoms with Gasteiger partial charge in [-0.3, -0.25) is 0 Å². The van der Waals surface area contributed by atoms with Crippen molar-refractivity contribution in [3.63, 3.8) is 0 Å². The maximum Gasteiger partial charge on any atom is 0.119 e. The van der Waals surface area contributed by atoms with Crippen LogP contribution in [0.3, 0.4) is 0 Å². The molecule has 0 saturated carbocycles. The molecule has 3 nitrogen and oxygen atoms in total. The average molecular weight is 339 g/mol. The third-order valence-corrected chi connectivity index (χ3v) is 4.04. The number of hydrogen-bond donors (Lipinski definition) is 0. The van der Waals surface area contributed by atoms with Crippen LogP contribution in [0.1, 0.15) is 0 Å². The minimum absolute atomic E-state index is 0.112. The average Bonchev–Trinajstić information content (AvgIpc) is 2.49. The minimum atomic E-state index is -0.112. The van der Waals surface area contributed by atoms with Crippen molar-refractivity contribution in [3.05, 3.63) is 58.6 Å². The maximum absolute atomic E-state index is 5.86. The molecule has 1 fully saturated rings. The molecule has 0 spiro atoms. The van der Waals surface area contributed by atoms with E-state index < -0.39 is 0 Å². The lowest BCUT2D eigenvalue weighted by molar-refractivity contribution is -0.149. The Hall–Kier alpha value is -1.42. The third-order valence-electron chi connectivity index (χ3n) is 3.53. The summed E-state index contributed by atoms with van der Waals surface area (Å²) >= 11 is 11.7. The quantitative estimate of drug-likeness (QED) is 0.777. The van der Waals surface area contributed by atoms with E-state index in [1.165, 1.54) is 0 Å². The molecule has 0 aliphatic carbocycles. The zero-order chi connectivity index (χ0) is 15.4. The van der Waals surface area contributed by atoms with Crippen molar-refractivity contribution in [3.8, 4) is 11.5 Å². The first-order valence-corrected chi connectivity index (χ1v) is 7.75. The second-order valence-electron chi connectivity index (χ2n) is 5.48. The van der Waals surface area contributed by atoms with Gasteiger partial charge in [-0.1, -0.05) is 23.2 Å². The molecule has 0 radical (unpaired) electrons. The lowest BCUT2D eigenvalue weighted by Crippen LogP contribution is -2.51. The molecule has 3 rings (SSSR count). The van der Waals surface area contributed by atoms with Crippen LogP contribution in [0.5, 0.6) is 11.5 Å². The molecule has 1 aliphatic heterocycles. The van der Waals surface area contributed by atoms with Crippen LogP contribution in [-0.2, 0) is 4.74 Å². The smallest absolute Gasteiger partial charge is 0.119 e. The predicted molar refractivity (Wildman–Crippen MR) is 87.1 cm³/mol. The fourth-order valence-corrected chi connectivity index (χ4v) is 2.39. The zero-order valence-electron chi connectivity index (χ0n) is 11.9. The molecule has 0 atom stereocenters. The molecule has 0 bridgehead atoms. The summed E-state index contributed by atoms with van der Waals surface area (Å²) in [5, 5.41) is 1.39. The van der Waals surface area contributed by atoms with Gasteiger partial charge in [0, 0.05) is 10.0 Å². The van der Waals surface area contributed by atoms with Gasteiger partial charge in [0.05, 0.1) is 18.6 Å². The predicted octanol–water partition coefficient (Wildman–Crippen LogP) is 4.47. The maximum atomic E-state index is 5.86. The van der Waals surface area contributed by atoms with E-state index in [-0.39, 0.29) is 5.41 Å². The topological polar surface area (TPSA) is 27.7 Å². The molecule has 1 heterocycles. The highest BCUT2D eigenvalue weighted by atomic mass is 35.5. The van der Waals surface area contributed by atoms with Crippen LogP contribution in [0.25, 0.3) is 0 Å². The van der Waals surface area contributed by atoms with Gasteiger partial charge in [-0.15, -0.1) is 0 Å². The highest BCUT2D eigenvalue weighted by molar-refractivity contribution is 6.30. The van der Waals surface area contributed by atoms with Gasteiger partial charge < -0.3 is 14.2 Å². The Bertz CT molecular complexity index is 555. The van der Waals surface area contributed by atoms with Gasteiger partial charge in [0.15, 0.2) is 0 Å². The van der Waals surface area contributed by atoms with Gasteiger partial charge in [0.2, 0.25) is 0 Å². The molecule has 22 heavy (non-hydrogen) atoms. The molecular formula is C17H16Cl2O3.